The molecule has 4 rings (SSSR count). The second-order valence-corrected chi connectivity index (χ2v) is 8.78. The number of thioether (sulfide) groups is 1. The molecule has 31 heavy (non-hydrogen) atoms. The predicted octanol–water partition coefficient (Wildman–Crippen LogP) is 2.19. The van der Waals surface area contributed by atoms with E-state index in [4.69, 9.17) is 0 Å². The first-order valence-electron chi connectivity index (χ1n) is 10.3. The summed E-state index contributed by atoms with van der Waals surface area (Å²) in [6.45, 7) is 1.93. The molecule has 8 heteroatoms. The first-order valence-corrected chi connectivity index (χ1v) is 11.3. The number of carbonyl (C=O) groups is 1. The zero-order chi connectivity index (χ0) is 21.7. The average molecular weight is 438 g/mol. The SMILES string of the molecule is Cn1nccc1CN1CC[C@@](NC(=O)CSc2ccccn2)(c2ccccc2)[C@H](O)C1. The Kier molecular flexibility index (Phi) is 6.70. The van der Waals surface area contributed by atoms with Gasteiger partial charge in [0, 0.05) is 39.1 Å². The minimum Gasteiger partial charge on any atom is -0.389 e. The van der Waals surface area contributed by atoms with Crippen LogP contribution >= 0.6 is 11.8 Å². The quantitative estimate of drug-likeness (QED) is 0.552. The van der Waals surface area contributed by atoms with Crippen molar-refractivity contribution in [2.75, 3.05) is 18.8 Å². The summed E-state index contributed by atoms with van der Waals surface area (Å²) in [5, 5.41) is 19.5. The van der Waals surface area contributed by atoms with E-state index in [2.05, 4.69) is 20.3 Å². The first kappa shape index (κ1) is 21.5. The lowest BCUT2D eigenvalue weighted by atomic mass is 9.78. The van der Waals surface area contributed by atoms with Crippen LogP contribution < -0.4 is 5.32 Å². The lowest BCUT2D eigenvalue weighted by Crippen LogP contribution is -2.62. The van der Waals surface area contributed by atoms with E-state index in [-0.39, 0.29) is 11.7 Å². The van der Waals surface area contributed by atoms with Crippen LogP contribution in [0.2, 0.25) is 0 Å². The fourth-order valence-corrected chi connectivity index (χ4v) is 4.73. The van der Waals surface area contributed by atoms with E-state index >= 15 is 0 Å². The molecule has 2 atom stereocenters. The molecule has 1 aliphatic rings. The Labute approximate surface area is 186 Å². The highest BCUT2D eigenvalue weighted by Gasteiger charge is 2.44. The highest BCUT2D eigenvalue weighted by Crippen LogP contribution is 2.34. The van der Waals surface area contributed by atoms with Crippen molar-refractivity contribution in [2.24, 2.45) is 7.05 Å². The Bertz CT molecular complexity index is 997. The van der Waals surface area contributed by atoms with Crippen LogP contribution in [-0.2, 0) is 23.9 Å². The molecule has 0 unspecified atom stereocenters. The van der Waals surface area contributed by atoms with Crippen molar-refractivity contribution < 1.29 is 9.90 Å². The summed E-state index contributed by atoms with van der Waals surface area (Å²) in [6.07, 6.45) is 3.38. The first-order chi connectivity index (χ1) is 15.1. The molecule has 0 spiro atoms. The van der Waals surface area contributed by atoms with Gasteiger partial charge in [0.25, 0.3) is 0 Å². The molecule has 1 amide bonds. The van der Waals surface area contributed by atoms with Crippen molar-refractivity contribution in [3.05, 3.63) is 78.2 Å². The Morgan fingerprint density at radius 2 is 2.00 bits per heavy atom. The van der Waals surface area contributed by atoms with Crippen LogP contribution in [0.5, 0.6) is 0 Å². The van der Waals surface area contributed by atoms with Crippen LogP contribution in [0.4, 0.5) is 0 Å². The van der Waals surface area contributed by atoms with Gasteiger partial charge in [0.05, 0.1) is 28.1 Å². The second kappa shape index (κ2) is 9.64. The highest BCUT2D eigenvalue weighted by atomic mass is 32.2. The van der Waals surface area contributed by atoms with E-state index in [1.54, 1.807) is 12.4 Å². The summed E-state index contributed by atoms with van der Waals surface area (Å²) >= 11 is 1.39. The largest absolute Gasteiger partial charge is 0.389 e. The lowest BCUT2D eigenvalue weighted by molar-refractivity contribution is -0.124. The molecule has 0 radical (unpaired) electrons. The zero-order valence-corrected chi connectivity index (χ0v) is 18.3. The van der Waals surface area contributed by atoms with Gasteiger partial charge in [-0.1, -0.05) is 48.2 Å². The number of hydrogen-bond donors (Lipinski definition) is 2. The van der Waals surface area contributed by atoms with Gasteiger partial charge in [0.2, 0.25) is 5.91 Å². The molecule has 0 saturated carbocycles. The van der Waals surface area contributed by atoms with E-state index in [9.17, 15) is 9.90 Å². The minimum absolute atomic E-state index is 0.112. The Balaban J connectivity index is 1.48. The van der Waals surface area contributed by atoms with Gasteiger partial charge in [-0.15, -0.1) is 0 Å². The van der Waals surface area contributed by atoms with E-state index in [0.29, 0.717) is 19.5 Å². The van der Waals surface area contributed by atoms with Crippen molar-refractivity contribution in [2.45, 2.75) is 29.6 Å². The molecule has 3 heterocycles. The summed E-state index contributed by atoms with van der Waals surface area (Å²) in [5.74, 6) is 0.135. The van der Waals surface area contributed by atoms with Crippen LogP contribution in [0.15, 0.2) is 72.0 Å². The Morgan fingerprint density at radius 1 is 1.19 bits per heavy atom. The van der Waals surface area contributed by atoms with E-state index in [1.165, 1.54) is 11.8 Å². The van der Waals surface area contributed by atoms with Gasteiger partial charge < -0.3 is 10.4 Å². The number of aliphatic hydroxyl groups is 1. The molecule has 1 aliphatic heterocycles. The number of aromatic nitrogens is 3. The maximum Gasteiger partial charge on any atom is 0.231 e. The standard InChI is InChI=1S/C23H27N5O2S/c1-27-19(10-13-25-27)15-28-14-11-23(20(29)16-28,18-7-3-2-4-8-18)26-21(30)17-31-22-9-5-6-12-24-22/h2-10,12-13,20,29H,11,14-17H2,1H3,(H,26,30)/t20-,23-/m1/s1. The second-order valence-electron chi connectivity index (χ2n) is 7.79. The fraction of sp³-hybridized carbons (Fsp3) is 0.348. The third-order valence-corrected chi connectivity index (χ3v) is 6.71. The van der Waals surface area contributed by atoms with Crippen molar-refractivity contribution in [1.82, 2.24) is 25.0 Å². The topological polar surface area (TPSA) is 83.3 Å². The number of pyridine rings is 1. The van der Waals surface area contributed by atoms with Crippen LogP contribution in [0.25, 0.3) is 0 Å². The van der Waals surface area contributed by atoms with Gasteiger partial charge in [0.1, 0.15) is 0 Å². The predicted molar refractivity (Wildman–Crippen MR) is 120 cm³/mol. The van der Waals surface area contributed by atoms with E-state index < -0.39 is 11.6 Å². The van der Waals surface area contributed by atoms with Gasteiger partial charge in [0.15, 0.2) is 0 Å². The third-order valence-electron chi connectivity index (χ3n) is 5.77. The average Bonchev–Trinajstić information content (AvgIpc) is 3.20. The molecule has 0 aliphatic carbocycles. The summed E-state index contributed by atoms with van der Waals surface area (Å²) in [4.78, 5) is 19.4. The van der Waals surface area contributed by atoms with Gasteiger partial charge in [-0.05, 0) is 30.2 Å². The molecular formula is C23H27N5O2S. The number of benzene rings is 1. The van der Waals surface area contributed by atoms with Crippen LogP contribution in [0, 0.1) is 0 Å². The monoisotopic (exact) mass is 437 g/mol. The number of rotatable bonds is 7. The molecule has 7 nitrogen and oxygen atoms in total. The number of nitrogens with zero attached hydrogens (tertiary/aromatic N) is 4. The fourth-order valence-electron chi connectivity index (χ4n) is 4.07. The number of piperidine rings is 1. The maximum absolute atomic E-state index is 12.9. The van der Waals surface area contributed by atoms with Gasteiger partial charge in [-0.2, -0.15) is 5.10 Å². The summed E-state index contributed by atoms with van der Waals surface area (Å²) in [7, 11) is 1.92. The highest BCUT2D eigenvalue weighted by molar-refractivity contribution is 7.99. The van der Waals surface area contributed by atoms with E-state index in [1.807, 2.05) is 66.3 Å². The zero-order valence-electron chi connectivity index (χ0n) is 17.5. The van der Waals surface area contributed by atoms with Crippen molar-refractivity contribution >= 4 is 17.7 Å². The summed E-state index contributed by atoms with van der Waals surface area (Å²) < 4.78 is 1.85. The molecular weight excluding hydrogens is 410 g/mol. The molecule has 0 bridgehead atoms. The number of carbonyl (C=O) groups excluding carboxylic acids is 1. The van der Waals surface area contributed by atoms with Crippen molar-refractivity contribution in [3.63, 3.8) is 0 Å². The normalized spacial score (nSPS) is 21.7. The van der Waals surface area contributed by atoms with Crippen molar-refractivity contribution in [1.29, 1.82) is 0 Å². The maximum atomic E-state index is 12.9. The van der Waals surface area contributed by atoms with Crippen LogP contribution in [-0.4, -0.2) is 55.6 Å². The number of aryl methyl sites for hydroxylation is 1. The lowest BCUT2D eigenvalue weighted by Gasteiger charge is -2.46. The molecule has 162 valence electrons. The Morgan fingerprint density at radius 3 is 2.68 bits per heavy atom. The van der Waals surface area contributed by atoms with E-state index in [0.717, 1.165) is 22.8 Å². The summed E-state index contributed by atoms with van der Waals surface area (Å²) in [5.41, 5.74) is 1.21. The van der Waals surface area contributed by atoms with Crippen molar-refractivity contribution in [3.8, 4) is 0 Å². The number of amides is 1. The van der Waals surface area contributed by atoms with Gasteiger partial charge in [-0.3, -0.25) is 14.4 Å². The van der Waals surface area contributed by atoms with Crippen LogP contribution in [0.3, 0.4) is 0 Å². The number of β-amino-alcohol motifs (C(OH)–C–C–N with tert-alkyl or cyclic N) is 1. The van der Waals surface area contributed by atoms with Gasteiger partial charge >= 0.3 is 0 Å². The Hall–Kier alpha value is -2.68. The van der Waals surface area contributed by atoms with Gasteiger partial charge in [-0.25, -0.2) is 4.98 Å². The molecule has 1 saturated heterocycles. The smallest absolute Gasteiger partial charge is 0.231 e. The molecule has 1 fully saturated rings. The number of likely N-dealkylation sites (tertiary alicyclic amines) is 1. The molecule has 2 N–H and O–H groups in total. The molecule has 1 aromatic carbocycles. The minimum atomic E-state index is -0.814. The van der Waals surface area contributed by atoms with Crippen LogP contribution in [0.1, 0.15) is 17.7 Å². The molecule has 2 aromatic heterocycles. The number of nitrogens with one attached hydrogen (secondary N) is 1. The third kappa shape index (κ3) is 4.98. The summed E-state index contributed by atoms with van der Waals surface area (Å²) in [6, 6.07) is 17.4. The number of hydrogen-bond acceptors (Lipinski definition) is 6. The number of aliphatic hydroxyl groups excluding tert-OH is 1. The molecule has 3 aromatic rings.